The third-order valence-corrected chi connectivity index (χ3v) is 4.12. The van der Waals surface area contributed by atoms with Crippen LogP contribution in [0.1, 0.15) is 39.5 Å². The van der Waals surface area contributed by atoms with Crippen LogP contribution in [0.15, 0.2) is 12.2 Å². The zero-order chi connectivity index (χ0) is 13.6. The van der Waals surface area contributed by atoms with Crippen LogP contribution in [-0.4, -0.2) is 27.0 Å². The van der Waals surface area contributed by atoms with Crippen LogP contribution in [-0.2, 0) is 15.9 Å². The Labute approximate surface area is 112 Å². The fraction of sp³-hybridized carbons (Fsp3) is 0.769. The van der Waals surface area contributed by atoms with E-state index in [1.54, 1.807) is 0 Å². The topological polar surface area (TPSA) is 69.2 Å². The van der Waals surface area contributed by atoms with Gasteiger partial charge >= 0.3 is 0 Å². The number of carbonyl (C=O) groups excluding carboxylic acids is 1. The smallest absolute Gasteiger partial charge is 0.225 e. The van der Waals surface area contributed by atoms with Crippen molar-refractivity contribution in [3.05, 3.63) is 12.2 Å². The Bertz CT molecular complexity index is 343. The van der Waals surface area contributed by atoms with E-state index >= 15 is 0 Å². The minimum atomic E-state index is -2.09. The number of carbonyl (C=O) groups is 1. The summed E-state index contributed by atoms with van der Waals surface area (Å²) in [7, 11) is 0. The minimum absolute atomic E-state index is 0.0157. The monoisotopic (exact) mass is 272 g/mol. The van der Waals surface area contributed by atoms with Gasteiger partial charge in [0, 0.05) is 17.7 Å². The molecule has 3 unspecified atom stereocenters. The average molecular weight is 272 g/mol. The lowest BCUT2D eigenvalue weighted by molar-refractivity contribution is -0.131. The number of allylic oxidation sites excluding steroid dienone is 2. The molecule has 1 aliphatic rings. The molecule has 0 aliphatic heterocycles. The van der Waals surface area contributed by atoms with Crippen molar-refractivity contribution in [2.75, 3.05) is 12.3 Å². The van der Waals surface area contributed by atoms with Gasteiger partial charge in [-0.3, -0.25) is 9.00 Å². The van der Waals surface area contributed by atoms with Crippen LogP contribution in [0.3, 0.4) is 0 Å². The predicted octanol–water partition coefficient (Wildman–Crippen LogP) is 1.75. The fourth-order valence-electron chi connectivity index (χ4n) is 2.19. The number of hydrogen-bond acceptors (Lipinski definition) is 3. The third kappa shape index (κ3) is 4.90. The van der Waals surface area contributed by atoms with Crippen LogP contribution in [0, 0.1) is 11.3 Å². The van der Waals surface area contributed by atoms with Crippen LogP contribution in [0.25, 0.3) is 0 Å². The standard InChI is InChI=1S/C13H23NO3S/c1-11-5-3-4-7-13(2,8-6-11)12(15)14-9-10-18(16)17/h3,5,11H,4,6-10H2,1-2H3,(H,14,15)(H,16,17)/p-1/b5-3+. The molecule has 0 fully saturated rings. The molecular weight excluding hydrogens is 250 g/mol. The van der Waals surface area contributed by atoms with Gasteiger partial charge in [-0.25, -0.2) is 0 Å². The van der Waals surface area contributed by atoms with Crippen molar-refractivity contribution >= 4 is 17.0 Å². The number of amides is 1. The summed E-state index contributed by atoms with van der Waals surface area (Å²) in [5.41, 5.74) is -0.372. The largest absolute Gasteiger partial charge is 0.772 e. The van der Waals surface area contributed by atoms with Gasteiger partial charge in [-0.2, -0.15) is 0 Å². The summed E-state index contributed by atoms with van der Waals surface area (Å²) >= 11 is -2.09. The third-order valence-electron chi connectivity index (χ3n) is 3.58. The molecule has 0 heterocycles. The molecular formula is C13H22NO3S-. The summed E-state index contributed by atoms with van der Waals surface area (Å²) in [6, 6.07) is 0. The van der Waals surface area contributed by atoms with Crippen LogP contribution < -0.4 is 5.32 Å². The first-order valence-electron chi connectivity index (χ1n) is 6.45. The normalized spacial score (nSPS) is 32.1. The predicted molar refractivity (Wildman–Crippen MR) is 71.7 cm³/mol. The molecule has 3 atom stereocenters. The number of nitrogens with one attached hydrogen (secondary N) is 1. The maximum absolute atomic E-state index is 12.1. The molecule has 0 aromatic heterocycles. The van der Waals surface area contributed by atoms with Crippen LogP contribution in [0.5, 0.6) is 0 Å². The fourth-order valence-corrected chi connectivity index (χ4v) is 2.45. The zero-order valence-corrected chi connectivity index (χ0v) is 11.9. The molecule has 1 amide bonds. The van der Waals surface area contributed by atoms with E-state index in [2.05, 4.69) is 24.4 Å². The summed E-state index contributed by atoms with van der Waals surface area (Å²) in [5.74, 6) is 0.472. The highest BCUT2D eigenvalue weighted by Crippen LogP contribution is 2.33. The molecule has 1 N–H and O–H groups in total. The van der Waals surface area contributed by atoms with Gasteiger partial charge in [-0.15, -0.1) is 0 Å². The van der Waals surface area contributed by atoms with Gasteiger partial charge in [0.15, 0.2) is 0 Å². The van der Waals surface area contributed by atoms with Crippen molar-refractivity contribution in [3.63, 3.8) is 0 Å². The second kappa shape index (κ2) is 7.04. The molecule has 104 valence electrons. The molecule has 0 bridgehead atoms. The van der Waals surface area contributed by atoms with Gasteiger partial charge in [0.1, 0.15) is 0 Å². The van der Waals surface area contributed by atoms with E-state index in [-0.39, 0.29) is 23.6 Å². The van der Waals surface area contributed by atoms with Crippen molar-refractivity contribution in [1.29, 1.82) is 0 Å². The Morgan fingerprint density at radius 1 is 1.56 bits per heavy atom. The van der Waals surface area contributed by atoms with E-state index in [9.17, 15) is 13.6 Å². The molecule has 0 saturated carbocycles. The molecule has 4 nitrogen and oxygen atoms in total. The van der Waals surface area contributed by atoms with E-state index < -0.39 is 11.1 Å². The average Bonchev–Trinajstić information content (AvgIpc) is 2.29. The van der Waals surface area contributed by atoms with Gasteiger partial charge in [-0.05, 0) is 31.6 Å². The minimum Gasteiger partial charge on any atom is -0.772 e. The van der Waals surface area contributed by atoms with Crippen LogP contribution in [0.4, 0.5) is 0 Å². The van der Waals surface area contributed by atoms with Crippen molar-refractivity contribution in [3.8, 4) is 0 Å². The van der Waals surface area contributed by atoms with E-state index in [1.807, 2.05) is 6.92 Å². The van der Waals surface area contributed by atoms with Gasteiger partial charge in [-0.1, -0.05) is 37.1 Å². The molecule has 18 heavy (non-hydrogen) atoms. The van der Waals surface area contributed by atoms with Gasteiger partial charge in [0.05, 0.1) is 0 Å². The Hall–Kier alpha value is -0.680. The lowest BCUT2D eigenvalue weighted by atomic mass is 9.77. The lowest BCUT2D eigenvalue weighted by Crippen LogP contribution is -2.41. The quantitative estimate of drug-likeness (QED) is 0.626. The first kappa shape index (κ1) is 15.4. The van der Waals surface area contributed by atoms with Gasteiger partial charge in [0.25, 0.3) is 0 Å². The first-order valence-corrected chi connectivity index (χ1v) is 7.69. The summed E-state index contributed by atoms with van der Waals surface area (Å²) < 4.78 is 20.8. The van der Waals surface area contributed by atoms with Gasteiger partial charge in [0.2, 0.25) is 5.91 Å². The van der Waals surface area contributed by atoms with Crippen molar-refractivity contribution in [1.82, 2.24) is 5.32 Å². The molecule has 0 aromatic carbocycles. The van der Waals surface area contributed by atoms with Crippen molar-refractivity contribution < 1.29 is 13.6 Å². The van der Waals surface area contributed by atoms with Gasteiger partial charge < -0.3 is 9.87 Å². The Morgan fingerprint density at radius 3 is 2.94 bits per heavy atom. The number of rotatable bonds is 4. The summed E-state index contributed by atoms with van der Waals surface area (Å²) in [4.78, 5) is 12.1. The molecule has 0 spiro atoms. The molecule has 5 heteroatoms. The zero-order valence-electron chi connectivity index (χ0n) is 11.1. The molecule has 0 radical (unpaired) electrons. The SMILES string of the molecule is CC1/C=C/CCC(C)(C(=O)NCCS(=O)[O-])CC1. The highest BCUT2D eigenvalue weighted by molar-refractivity contribution is 7.79. The van der Waals surface area contributed by atoms with E-state index in [1.165, 1.54) is 0 Å². The van der Waals surface area contributed by atoms with Crippen LogP contribution >= 0.6 is 0 Å². The van der Waals surface area contributed by atoms with Crippen LogP contribution in [0.2, 0.25) is 0 Å². The molecule has 0 saturated heterocycles. The van der Waals surface area contributed by atoms with E-state index in [0.717, 1.165) is 25.7 Å². The second-order valence-electron chi connectivity index (χ2n) is 5.31. The highest BCUT2D eigenvalue weighted by Gasteiger charge is 2.32. The first-order chi connectivity index (χ1) is 8.44. The highest BCUT2D eigenvalue weighted by atomic mass is 32.2. The molecule has 1 aliphatic carbocycles. The Morgan fingerprint density at radius 2 is 2.28 bits per heavy atom. The molecule has 1 rings (SSSR count). The van der Waals surface area contributed by atoms with E-state index in [4.69, 9.17) is 0 Å². The maximum atomic E-state index is 12.1. The summed E-state index contributed by atoms with van der Waals surface area (Å²) in [6.45, 7) is 4.33. The second-order valence-corrected chi connectivity index (χ2v) is 6.32. The number of hydrogen-bond donors (Lipinski definition) is 1. The lowest BCUT2D eigenvalue weighted by Gasteiger charge is -2.30. The maximum Gasteiger partial charge on any atom is 0.225 e. The Kier molecular flexibility index (Phi) is 6.02. The Balaban J connectivity index is 2.52. The van der Waals surface area contributed by atoms with Crippen molar-refractivity contribution in [2.24, 2.45) is 11.3 Å². The van der Waals surface area contributed by atoms with E-state index in [0.29, 0.717) is 5.92 Å². The van der Waals surface area contributed by atoms with Crippen molar-refractivity contribution in [2.45, 2.75) is 39.5 Å². The summed E-state index contributed by atoms with van der Waals surface area (Å²) in [5, 5.41) is 2.73. The molecule has 0 aromatic rings. The summed E-state index contributed by atoms with van der Waals surface area (Å²) in [6.07, 6.45) is 7.92.